The van der Waals surface area contributed by atoms with Gasteiger partial charge < -0.3 is 19.2 Å². The Morgan fingerprint density at radius 2 is 2.14 bits per heavy atom. The van der Waals surface area contributed by atoms with Crippen molar-refractivity contribution in [3.8, 4) is 0 Å². The van der Waals surface area contributed by atoms with E-state index in [0.717, 1.165) is 28.4 Å². The topological polar surface area (TPSA) is 68.7 Å². The number of benzene rings is 1. The van der Waals surface area contributed by atoms with Crippen LogP contribution in [-0.2, 0) is 32.2 Å². The van der Waals surface area contributed by atoms with Crippen LogP contribution >= 0.6 is 0 Å². The van der Waals surface area contributed by atoms with Crippen LogP contribution in [0.2, 0.25) is 0 Å². The molecule has 2 aromatic rings. The van der Waals surface area contributed by atoms with Crippen LogP contribution in [0.25, 0.3) is 10.9 Å². The standard InChI is InChI=1S/C22H24N2O4/c1-3-16-17(12-25)18(13-28-22(16)27-4-2)21(26)24-10-15-9-14-7-5-6-8-19(14)23-20(15)11-24/h5-9,12-13,16-17,22H,3-4,10-11H2,1-2H3. The minimum atomic E-state index is -0.529. The zero-order valence-corrected chi connectivity index (χ0v) is 16.1. The summed E-state index contributed by atoms with van der Waals surface area (Å²) in [7, 11) is 0. The summed E-state index contributed by atoms with van der Waals surface area (Å²) >= 11 is 0. The van der Waals surface area contributed by atoms with E-state index in [1.807, 2.05) is 38.1 Å². The van der Waals surface area contributed by atoms with Gasteiger partial charge in [0.1, 0.15) is 6.29 Å². The SMILES string of the molecule is CCOC1OC=C(C(=O)N2Cc3cc4ccccc4nc3C2)C(C=O)C1CC. The van der Waals surface area contributed by atoms with Crippen molar-refractivity contribution in [1.29, 1.82) is 0 Å². The molecular formula is C22H24N2O4. The van der Waals surface area contributed by atoms with Crippen LogP contribution in [0.5, 0.6) is 0 Å². The van der Waals surface area contributed by atoms with Crippen molar-refractivity contribution in [2.75, 3.05) is 6.61 Å². The van der Waals surface area contributed by atoms with E-state index in [0.29, 0.717) is 31.7 Å². The molecule has 1 amide bonds. The number of carbonyl (C=O) groups excluding carboxylic acids is 2. The highest BCUT2D eigenvalue weighted by Gasteiger charge is 2.40. The number of pyridine rings is 1. The van der Waals surface area contributed by atoms with E-state index >= 15 is 0 Å². The Hall–Kier alpha value is -2.73. The van der Waals surface area contributed by atoms with Gasteiger partial charge in [-0.05, 0) is 31.0 Å². The Balaban J connectivity index is 1.58. The number of nitrogens with zero attached hydrogens (tertiary/aromatic N) is 2. The summed E-state index contributed by atoms with van der Waals surface area (Å²) in [6, 6.07) is 10.0. The molecule has 1 aromatic heterocycles. The van der Waals surface area contributed by atoms with E-state index in [4.69, 9.17) is 14.5 Å². The molecular weight excluding hydrogens is 356 g/mol. The number of fused-ring (bicyclic) bond motifs is 2. The van der Waals surface area contributed by atoms with Gasteiger partial charge >= 0.3 is 0 Å². The second-order valence-electron chi connectivity index (χ2n) is 7.22. The number of ether oxygens (including phenoxy) is 2. The Kier molecular flexibility index (Phi) is 5.13. The van der Waals surface area contributed by atoms with Crippen LogP contribution in [0.15, 0.2) is 42.2 Å². The molecule has 0 fully saturated rings. The second kappa shape index (κ2) is 7.72. The van der Waals surface area contributed by atoms with E-state index in [-0.39, 0.29) is 11.8 Å². The summed E-state index contributed by atoms with van der Waals surface area (Å²) in [6.45, 7) is 5.28. The molecule has 3 unspecified atom stereocenters. The molecule has 0 spiro atoms. The maximum atomic E-state index is 13.2. The number of carbonyl (C=O) groups is 2. The average Bonchev–Trinajstić information content (AvgIpc) is 3.14. The van der Waals surface area contributed by atoms with Gasteiger partial charge in [-0.1, -0.05) is 25.1 Å². The molecule has 146 valence electrons. The van der Waals surface area contributed by atoms with E-state index in [1.54, 1.807) is 4.90 Å². The lowest BCUT2D eigenvalue weighted by atomic mass is 9.83. The van der Waals surface area contributed by atoms with Crippen molar-refractivity contribution in [2.45, 2.75) is 39.6 Å². The number of hydrogen-bond acceptors (Lipinski definition) is 5. The molecule has 3 atom stereocenters. The monoisotopic (exact) mass is 380 g/mol. The highest BCUT2D eigenvalue weighted by molar-refractivity contribution is 5.97. The molecule has 6 heteroatoms. The third kappa shape index (κ3) is 3.18. The number of amides is 1. The minimum absolute atomic E-state index is 0.174. The van der Waals surface area contributed by atoms with Crippen molar-refractivity contribution in [3.05, 3.63) is 53.4 Å². The largest absolute Gasteiger partial charge is 0.472 e. The fourth-order valence-electron chi connectivity index (χ4n) is 4.10. The first-order valence-corrected chi connectivity index (χ1v) is 9.75. The number of aromatic nitrogens is 1. The highest BCUT2D eigenvalue weighted by atomic mass is 16.7. The van der Waals surface area contributed by atoms with Gasteiger partial charge in [0.2, 0.25) is 6.29 Å². The minimum Gasteiger partial charge on any atom is -0.472 e. The molecule has 4 rings (SSSR count). The number of para-hydroxylation sites is 1. The Morgan fingerprint density at radius 1 is 1.32 bits per heavy atom. The van der Waals surface area contributed by atoms with Gasteiger partial charge in [0.25, 0.3) is 5.91 Å². The van der Waals surface area contributed by atoms with Crippen LogP contribution in [0.4, 0.5) is 0 Å². The smallest absolute Gasteiger partial charge is 0.254 e. The maximum absolute atomic E-state index is 13.2. The van der Waals surface area contributed by atoms with Crippen molar-refractivity contribution in [3.63, 3.8) is 0 Å². The molecule has 28 heavy (non-hydrogen) atoms. The summed E-state index contributed by atoms with van der Waals surface area (Å²) in [5.74, 6) is -0.877. The van der Waals surface area contributed by atoms with Crippen LogP contribution in [-0.4, -0.2) is 35.0 Å². The molecule has 6 nitrogen and oxygen atoms in total. The first-order chi connectivity index (χ1) is 13.7. The summed E-state index contributed by atoms with van der Waals surface area (Å²) in [4.78, 5) is 31.5. The highest BCUT2D eigenvalue weighted by Crippen LogP contribution is 2.35. The predicted molar refractivity (Wildman–Crippen MR) is 104 cm³/mol. The fourth-order valence-corrected chi connectivity index (χ4v) is 4.10. The first kappa shape index (κ1) is 18.6. The molecule has 0 saturated carbocycles. The zero-order valence-electron chi connectivity index (χ0n) is 16.1. The average molecular weight is 380 g/mol. The molecule has 0 saturated heterocycles. The van der Waals surface area contributed by atoms with E-state index in [2.05, 4.69) is 6.07 Å². The normalized spacial score (nSPS) is 23.9. The summed E-state index contributed by atoms with van der Waals surface area (Å²) < 4.78 is 11.3. The first-order valence-electron chi connectivity index (χ1n) is 9.75. The summed E-state index contributed by atoms with van der Waals surface area (Å²) in [5, 5.41) is 1.06. The van der Waals surface area contributed by atoms with E-state index < -0.39 is 12.2 Å². The van der Waals surface area contributed by atoms with Gasteiger partial charge in [0.05, 0.1) is 35.5 Å². The lowest BCUT2D eigenvalue weighted by Gasteiger charge is -2.35. The maximum Gasteiger partial charge on any atom is 0.254 e. The van der Waals surface area contributed by atoms with Gasteiger partial charge in [0, 0.05) is 24.5 Å². The van der Waals surface area contributed by atoms with Crippen LogP contribution in [0.1, 0.15) is 31.5 Å². The van der Waals surface area contributed by atoms with Crippen molar-refractivity contribution in [1.82, 2.24) is 9.88 Å². The van der Waals surface area contributed by atoms with Crippen LogP contribution in [0, 0.1) is 11.8 Å². The van der Waals surface area contributed by atoms with Crippen LogP contribution < -0.4 is 0 Å². The lowest BCUT2D eigenvalue weighted by molar-refractivity contribution is -0.162. The molecule has 0 N–H and O–H groups in total. The van der Waals surface area contributed by atoms with Gasteiger partial charge in [-0.25, -0.2) is 0 Å². The molecule has 2 aliphatic rings. The van der Waals surface area contributed by atoms with Crippen molar-refractivity contribution < 1.29 is 19.1 Å². The van der Waals surface area contributed by atoms with Gasteiger partial charge in [-0.2, -0.15) is 0 Å². The third-order valence-corrected chi connectivity index (χ3v) is 5.58. The quantitative estimate of drug-likeness (QED) is 0.745. The Bertz CT molecular complexity index is 895. The summed E-state index contributed by atoms with van der Waals surface area (Å²) in [6.07, 6.45) is 2.46. The second-order valence-corrected chi connectivity index (χ2v) is 7.22. The predicted octanol–water partition coefficient (Wildman–Crippen LogP) is 3.20. The molecule has 2 aliphatic heterocycles. The number of hydrogen-bond donors (Lipinski definition) is 0. The molecule has 0 aliphatic carbocycles. The number of rotatable bonds is 5. The van der Waals surface area contributed by atoms with E-state index in [1.165, 1.54) is 6.26 Å². The molecule has 0 radical (unpaired) electrons. The molecule has 1 aromatic carbocycles. The Morgan fingerprint density at radius 3 is 2.89 bits per heavy atom. The van der Waals surface area contributed by atoms with E-state index in [9.17, 15) is 9.59 Å². The van der Waals surface area contributed by atoms with Crippen molar-refractivity contribution >= 4 is 23.1 Å². The summed E-state index contributed by atoms with van der Waals surface area (Å²) in [5.41, 5.74) is 3.28. The zero-order chi connectivity index (χ0) is 19.7. The van der Waals surface area contributed by atoms with Gasteiger partial charge in [0.15, 0.2) is 0 Å². The molecule has 3 heterocycles. The fraction of sp³-hybridized carbons (Fsp3) is 0.409. The van der Waals surface area contributed by atoms with Crippen molar-refractivity contribution in [2.24, 2.45) is 11.8 Å². The lowest BCUT2D eigenvalue weighted by Crippen LogP contribution is -2.41. The van der Waals surface area contributed by atoms with Gasteiger partial charge in [-0.15, -0.1) is 0 Å². The van der Waals surface area contributed by atoms with Gasteiger partial charge in [-0.3, -0.25) is 9.78 Å². The van der Waals surface area contributed by atoms with Crippen LogP contribution in [0.3, 0.4) is 0 Å². The third-order valence-electron chi connectivity index (χ3n) is 5.58. The molecule has 0 bridgehead atoms. The number of aldehydes is 1. The Labute approximate surface area is 164 Å².